The number of benzene rings is 1. The molecule has 2 aliphatic rings. The van der Waals surface area contributed by atoms with E-state index in [9.17, 15) is 19.7 Å². The van der Waals surface area contributed by atoms with E-state index in [-0.39, 0.29) is 29.0 Å². The first-order chi connectivity index (χ1) is 11.5. The van der Waals surface area contributed by atoms with Crippen LogP contribution in [-0.2, 0) is 4.79 Å². The first-order valence-corrected chi connectivity index (χ1v) is 8.39. The average molecular weight is 346 g/mol. The van der Waals surface area contributed by atoms with Crippen molar-refractivity contribution in [2.24, 2.45) is 15.9 Å². The summed E-state index contributed by atoms with van der Waals surface area (Å²) in [5.41, 5.74) is 0.834. The Morgan fingerprint density at radius 1 is 1.38 bits per heavy atom. The van der Waals surface area contributed by atoms with Crippen LogP contribution < -0.4 is 5.32 Å². The number of aliphatic imine (C=N–C) groups is 2. The number of para-hydroxylation sites is 2. The number of hydrogen-bond donors (Lipinski definition) is 1. The number of fused-ring (bicyclic) bond motifs is 1. The van der Waals surface area contributed by atoms with Gasteiger partial charge in [0.25, 0.3) is 5.69 Å². The van der Waals surface area contributed by atoms with Gasteiger partial charge in [0.15, 0.2) is 0 Å². The molecule has 1 aromatic rings. The van der Waals surface area contributed by atoms with Gasteiger partial charge in [-0.25, -0.2) is 9.79 Å². The fraction of sp³-hybridized carbons (Fsp3) is 0.333. The van der Waals surface area contributed by atoms with Gasteiger partial charge >= 0.3 is 6.03 Å². The summed E-state index contributed by atoms with van der Waals surface area (Å²) in [5.74, 6) is -0.319. The number of anilines is 1. The molecule has 124 valence electrons. The van der Waals surface area contributed by atoms with E-state index in [2.05, 4.69) is 15.3 Å². The van der Waals surface area contributed by atoms with E-state index in [1.165, 1.54) is 30.0 Å². The van der Waals surface area contributed by atoms with Crippen molar-refractivity contribution in [3.8, 4) is 0 Å². The van der Waals surface area contributed by atoms with Gasteiger partial charge in [-0.1, -0.05) is 23.9 Å². The van der Waals surface area contributed by atoms with Crippen molar-refractivity contribution in [1.82, 2.24) is 0 Å². The topological polar surface area (TPSA) is 114 Å². The zero-order valence-electron chi connectivity index (χ0n) is 12.6. The Labute approximate surface area is 141 Å². The standard InChI is InChI=1S/C15H14N4O4S/c20-13(16-11-5-1-2-7-12(11)19(22)23)8-24-14-9-4-3-6-10(9)17-15(21)18-14/h1-2,5,7,9H,3-4,6,8H2,(H,16,20). The van der Waals surface area contributed by atoms with Gasteiger partial charge in [0, 0.05) is 17.7 Å². The summed E-state index contributed by atoms with van der Waals surface area (Å²) in [6, 6.07) is 5.43. The quantitative estimate of drug-likeness (QED) is 0.665. The molecule has 0 spiro atoms. The number of nitro groups is 1. The van der Waals surface area contributed by atoms with Crippen LogP contribution in [0.15, 0.2) is 34.3 Å². The molecule has 1 aliphatic heterocycles. The van der Waals surface area contributed by atoms with E-state index < -0.39 is 11.0 Å². The van der Waals surface area contributed by atoms with E-state index >= 15 is 0 Å². The number of nitro benzene ring substituents is 1. The Kier molecular flexibility index (Phi) is 4.70. The van der Waals surface area contributed by atoms with Gasteiger partial charge in [0.2, 0.25) is 5.91 Å². The average Bonchev–Trinajstić information content (AvgIpc) is 3.01. The lowest BCUT2D eigenvalue weighted by molar-refractivity contribution is -0.383. The zero-order valence-corrected chi connectivity index (χ0v) is 13.4. The molecule has 0 bridgehead atoms. The number of rotatable bonds is 4. The number of nitrogens with one attached hydrogen (secondary N) is 1. The van der Waals surface area contributed by atoms with Crippen molar-refractivity contribution in [2.75, 3.05) is 11.1 Å². The summed E-state index contributed by atoms with van der Waals surface area (Å²) in [4.78, 5) is 41.8. The summed E-state index contributed by atoms with van der Waals surface area (Å²) >= 11 is 1.19. The Bertz CT molecular complexity index is 774. The molecular formula is C15H14N4O4S. The second-order valence-corrected chi connectivity index (χ2v) is 6.39. The molecule has 8 nitrogen and oxygen atoms in total. The maximum Gasteiger partial charge on any atom is 0.367 e. The molecule has 0 aromatic heterocycles. The van der Waals surface area contributed by atoms with Crippen molar-refractivity contribution < 1.29 is 14.5 Å². The van der Waals surface area contributed by atoms with Crippen LogP contribution in [0, 0.1) is 16.0 Å². The third kappa shape index (κ3) is 3.51. The van der Waals surface area contributed by atoms with Crippen LogP contribution in [0.4, 0.5) is 16.2 Å². The largest absolute Gasteiger partial charge is 0.367 e. The molecule has 1 unspecified atom stereocenters. The fourth-order valence-corrected chi connectivity index (χ4v) is 3.69. The number of nitrogens with zero attached hydrogens (tertiary/aromatic N) is 3. The van der Waals surface area contributed by atoms with Crippen molar-refractivity contribution in [2.45, 2.75) is 19.3 Å². The van der Waals surface area contributed by atoms with E-state index in [0.29, 0.717) is 5.04 Å². The minimum absolute atomic E-state index is 0.0297. The first kappa shape index (κ1) is 16.3. The van der Waals surface area contributed by atoms with Gasteiger partial charge in [0.1, 0.15) is 5.69 Å². The molecule has 9 heteroatoms. The van der Waals surface area contributed by atoms with Crippen LogP contribution in [-0.4, -0.2) is 33.4 Å². The summed E-state index contributed by atoms with van der Waals surface area (Å²) in [6.07, 6.45) is 2.63. The maximum absolute atomic E-state index is 12.1. The van der Waals surface area contributed by atoms with Crippen LogP contribution in [0.2, 0.25) is 0 Å². The van der Waals surface area contributed by atoms with Gasteiger partial charge in [-0.05, 0) is 25.3 Å². The SMILES string of the molecule is O=C1N=C2CCCC2C(SCC(=O)Nc2ccccc2[N+](=O)[O-])=N1. The van der Waals surface area contributed by atoms with E-state index in [0.717, 1.165) is 25.0 Å². The molecule has 24 heavy (non-hydrogen) atoms. The first-order valence-electron chi connectivity index (χ1n) is 7.40. The maximum atomic E-state index is 12.1. The molecule has 1 saturated carbocycles. The van der Waals surface area contributed by atoms with Crippen LogP contribution in [0.5, 0.6) is 0 Å². The molecule has 1 atom stereocenters. The number of amides is 3. The monoisotopic (exact) mass is 346 g/mol. The molecule has 0 saturated heterocycles. The van der Waals surface area contributed by atoms with Gasteiger partial charge < -0.3 is 5.32 Å². The third-order valence-corrected chi connectivity index (χ3v) is 4.88. The van der Waals surface area contributed by atoms with Crippen LogP contribution >= 0.6 is 11.8 Å². The van der Waals surface area contributed by atoms with Crippen molar-refractivity contribution >= 4 is 45.8 Å². The smallest absolute Gasteiger partial charge is 0.320 e. The zero-order chi connectivity index (χ0) is 17.1. The highest BCUT2D eigenvalue weighted by atomic mass is 32.2. The number of urea groups is 1. The molecular weight excluding hydrogens is 332 g/mol. The van der Waals surface area contributed by atoms with Gasteiger partial charge in [-0.15, -0.1) is 0 Å². The van der Waals surface area contributed by atoms with E-state index in [4.69, 9.17) is 0 Å². The Balaban J connectivity index is 1.62. The van der Waals surface area contributed by atoms with Gasteiger partial charge in [0.05, 0.1) is 15.7 Å². The van der Waals surface area contributed by atoms with E-state index in [1.54, 1.807) is 6.07 Å². The Morgan fingerprint density at radius 2 is 2.17 bits per heavy atom. The van der Waals surface area contributed by atoms with Crippen LogP contribution in [0.1, 0.15) is 19.3 Å². The number of carbonyl (C=O) groups is 2. The van der Waals surface area contributed by atoms with Gasteiger partial charge in [-0.3, -0.25) is 14.9 Å². The second kappa shape index (κ2) is 6.91. The lowest BCUT2D eigenvalue weighted by Gasteiger charge is -2.16. The summed E-state index contributed by atoms with van der Waals surface area (Å²) in [6.45, 7) is 0. The summed E-state index contributed by atoms with van der Waals surface area (Å²) < 4.78 is 0. The van der Waals surface area contributed by atoms with Crippen LogP contribution in [0.3, 0.4) is 0 Å². The normalized spacial score (nSPS) is 19.3. The summed E-state index contributed by atoms with van der Waals surface area (Å²) in [5, 5.41) is 14.1. The molecule has 3 amide bonds. The van der Waals surface area contributed by atoms with E-state index in [1.807, 2.05) is 0 Å². The molecule has 1 N–H and O–H groups in total. The minimum Gasteiger partial charge on any atom is -0.320 e. The number of hydrogen-bond acceptors (Lipinski definition) is 5. The predicted octanol–water partition coefficient (Wildman–Crippen LogP) is 3.04. The molecule has 1 aromatic carbocycles. The summed E-state index contributed by atoms with van der Waals surface area (Å²) in [7, 11) is 0. The highest BCUT2D eigenvalue weighted by Gasteiger charge is 2.32. The predicted molar refractivity (Wildman–Crippen MR) is 91.8 cm³/mol. The van der Waals surface area contributed by atoms with Crippen molar-refractivity contribution in [3.05, 3.63) is 34.4 Å². The number of carbonyl (C=O) groups excluding carboxylic acids is 2. The van der Waals surface area contributed by atoms with Crippen molar-refractivity contribution in [3.63, 3.8) is 0 Å². The molecule has 1 heterocycles. The Hall–Kier alpha value is -2.55. The molecule has 1 aliphatic carbocycles. The fourth-order valence-electron chi connectivity index (χ4n) is 2.75. The highest BCUT2D eigenvalue weighted by molar-refractivity contribution is 8.14. The highest BCUT2D eigenvalue weighted by Crippen LogP contribution is 2.31. The molecule has 3 rings (SSSR count). The second-order valence-electron chi connectivity index (χ2n) is 5.39. The van der Waals surface area contributed by atoms with Gasteiger partial charge in [-0.2, -0.15) is 4.99 Å². The lowest BCUT2D eigenvalue weighted by atomic mass is 10.1. The molecule has 1 fully saturated rings. The number of thioether (sulfide) groups is 1. The third-order valence-electron chi connectivity index (χ3n) is 3.80. The minimum atomic E-state index is -0.548. The van der Waals surface area contributed by atoms with Crippen molar-refractivity contribution in [1.29, 1.82) is 0 Å². The Morgan fingerprint density at radius 3 is 2.96 bits per heavy atom. The van der Waals surface area contributed by atoms with Crippen LogP contribution in [0.25, 0.3) is 0 Å². The lowest BCUT2D eigenvalue weighted by Crippen LogP contribution is -2.24. The molecule has 0 radical (unpaired) electrons.